The number of benzene rings is 2. The second-order valence-corrected chi connectivity index (χ2v) is 4.48. The third kappa shape index (κ3) is 2.76. The number of hydrogen-bond donors (Lipinski definition) is 1. The quantitative estimate of drug-likeness (QED) is 0.922. The first-order valence-electron chi connectivity index (χ1n) is 5.27. The standard InChI is InChI=1S/C14H9BrN2O/c15-13-4-2-1-3-12(13)14(18)17-11-7-5-10(9-16)6-8-11/h1-8H,(H,17,18). The number of carbonyl (C=O) groups excluding carboxylic acids is 1. The zero-order chi connectivity index (χ0) is 13.0. The molecule has 0 unspecified atom stereocenters. The number of hydrogen-bond acceptors (Lipinski definition) is 2. The smallest absolute Gasteiger partial charge is 0.256 e. The zero-order valence-electron chi connectivity index (χ0n) is 9.35. The van der Waals surface area contributed by atoms with Gasteiger partial charge in [-0.3, -0.25) is 4.79 Å². The molecule has 0 spiro atoms. The van der Waals surface area contributed by atoms with E-state index in [2.05, 4.69) is 21.2 Å². The topological polar surface area (TPSA) is 52.9 Å². The van der Waals surface area contributed by atoms with Gasteiger partial charge < -0.3 is 5.32 Å². The Morgan fingerprint density at radius 2 is 1.78 bits per heavy atom. The molecule has 4 heteroatoms. The lowest BCUT2D eigenvalue weighted by Gasteiger charge is -2.06. The van der Waals surface area contributed by atoms with E-state index in [-0.39, 0.29) is 5.91 Å². The van der Waals surface area contributed by atoms with Gasteiger partial charge in [0.15, 0.2) is 0 Å². The second kappa shape index (κ2) is 5.48. The first kappa shape index (κ1) is 12.3. The highest BCUT2D eigenvalue weighted by molar-refractivity contribution is 9.10. The fourth-order valence-electron chi connectivity index (χ4n) is 1.47. The van der Waals surface area contributed by atoms with Gasteiger partial charge in [-0.2, -0.15) is 5.26 Å². The van der Waals surface area contributed by atoms with Crippen LogP contribution in [0.4, 0.5) is 5.69 Å². The lowest BCUT2D eigenvalue weighted by Crippen LogP contribution is -2.12. The molecule has 2 aromatic carbocycles. The van der Waals surface area contributed by atoms with Gasteiger partial charge in [-0.05, 0) is 52.3 Å². The normalized spacial score (nSPS) is 9.56. The van der Waals surface area contributed by atoms with Crippen molar-refractivity contribution >= 4 is 27.5 Å². The van der Waals surface area contributed by atoms with Crippen LogP contribution in [0.1, 0.15) is 15.9 Å². The molecule has 0 bridgehead atoms. The van der Waals surface area contributed by atoms with Gasteiger partial charge in [0.2, 0.25) is 0 Å². The molecule has 2 rings (SSSR count). The Morgan fingerprint density at radius 1 is 1.11 bits per heavy atom. The van der Waals surface area contributed by atoms with Gasteiger partial charge >= 0.3 is 0 Å². The summed E-state index contributed by atoms with van der Waals surface area (Å²) in [5, 5.41) is 11.5. The maximum Gasteiger partial charge on any atom is 0.256 e. The molecule has 3 nitrogen and oxygen atoms in total. The van der Waals surface area contributed by atoms with Crippen molar-refractivity contribution in [3.05, 3.63) is 64.1 Å². The Balaban J connectivity index is 2.17. The van der Waals surface area contributed by atoms with Crippen molar-refractivity contribution < 1.29 is 4.79 Å². The van der Waals surface area contributed by atoms with Crippen LogP contribution in [0.3, 0.4) is 0 Å². The molecule has 0 fully saturated rings. The number of amides is 1. The van der Waals surface area contributed by atoms with Gasteiger partial charge in [0.1, 0.15) is 0 Å². The molecule has 18 heavy (non-hydrogen) atoms. The Bertz CT molecular complexity index is 614. The van der Waals surface area contributed by atoms with Gasteiger partial charge in [-0.25, -0.2) is 0 Å². The predicted molar refractivity (Wildman–Crippen MR) is 73.3 cm³/mol. The number of halogens is 1. The summed E-state index contributed by atoms with van der Waals surface area (Å²) in [5.74, 6) is -0.188. The highest BCUT2D eigenvalue weighted by Gasteiger charge is 2.09. The Morgan fingerprint density at radius 3 is 2.39 bits per heavy atom. The van der Waals surface area contributed by atoms with Crippen molar-refractivity contribution in [2.24, 2.45) is 0 Å². The molecular formula is C14H9BrN2O. The molecule has 0 radical (unpaired) electrons. The Kier molecular flexibility index (Phi) is 3.75. The maximum atomic E-state index is 12.0. The average Bonchev–Trinajstić information content (AvgIpc) is 2.40. The number of carbonyl (C=O) groups is 1. The van der Waals surface area contributed by atoms with E-state index >= 15 is 0 Å². The average molecular weight is 301 g/mol. The minimum Gasteiger partial charge on any atom is -0.322 e. The van der Waals surface area contributed by atoms with Crippen LogP contribution in [0.25, 0.3) is 0 Å². The molecule has 1 amide bonds. The zero-order valence-corrected chi connectivity index (χ0v) is 10.9. The number of anilines is 1. The van der Waals surface area contributed by atoms with E-state index < -0.39 is 0 Å². The number of rotatable bonds is 2. The first-order valence-corrected chi connectivity index (χ1v) is 6.06. The lowest BCUT2D eigenvalue weighted by molar-refractivity contribution is 0.102. The minimum atomic E-state index is -0.188. The highest BCUT2D eigenvalue weighted by Crippen LogP contribution is 2.18. The van der Waals surface area contributed by atoms with Gasteiger partial charge in [0.25, 0.3) is 5.91 Å². The summed E-state index contributed by atoms with van der Waals surface area (Å²) in [7, 11) is 0. The van der Waals surface area contributed by atoms with E-state index in [0.29, 0.717) is 16.8 Å². The van der Waals surface area contributed by atoms with E-state index in [9.17, 15) is 4.79 Å². The Labute approximate surface area is 113 Å². The van der Waals surface area contributed by atoms with Gasteiger partial charge in [-0.1, -0.05) is 12.1 Å². The summed E-state index contributed by atoms with van der Waals surface area (Å²) >= 11 is 3.33. The summed E-state index contributed by atoms with van der Waals surface area (Å²) in [6, 6.07) is 16.0. The Hall–Kier alpha value is -2.12. The molecule has 2 aromatic rings. The summed E-state index contributed by atoms with van der Waals surface area (Å²) in [4.78, 5) is 12.0. The molecule has 0 aliphatic rings. The number of nitrogens with one attached hydrogen (secondary N) is 1. The van der Waals surface area contributed by atoms with E-state index in [4.69, 9.17) is 5.26 Å². The highest BCUT2D eigenvalue weighted by atomic mass is 79.9. The fraction of sp³-hybridized carbons (Fsp3) is 0. The van der Waals surface area contributed by atoms with E-state index in [1.54, 1.807) is 36.4 Å². The fourth-order valence-corrected chi connectivity index (χ4v) is 1.94. The largest absolute Gasteiger partial charge is 0.322 e. The van der Waals surface area contributed by atoms with E-state index in [1.165, 1.54) is 0 Å². The maximum absolute atomic E-state index is 12.0. The summed E-state index contributed by atoms with van der Waals surface area (Å²) in [6.07, 6.45) is 0. The monoisotopic (exact) mass is 300 g/mol. The van der Waals surface area contributed by atoms with Crippen LogP contribution in [0.5, 0.6) is 0 Å². The third-order valence-corrected chi connectivity index (χ3v) is 3.08. The SMILES string of the molecule is N#Cc1ccc(NC(=O)c2ccccc2Br)cc1. The van der Waals surface area contributed by atoms with Crippen molar-refractivity contribution in [2.75, 3.05) is 5.32 Å². The molecule has 1 N–H and O–H groups in total. The van der Waals surface area contributed by atoms with E-state index in [1.807, 2.05) is 18.2 Å². The molecule has 88 valence electrons. The molecule has 0 saturated heterocycles. The molecule has 0 aromatic heterocycles. The van der Waals surface area contributed by atoms with Crippen molar-refractivity contribution in [1.82, 2.24) is 0 Å². The van der Waals surface area contributed by atoms with Crippen LogP contribution in [0, 0.1) is 11.3 Å². The summed E-state index contributed by atoms with van der Waals surface area (Å²) < 4.78 is 0.746. The number of nitrogens with zero attached hydrogens (tertiary/aromatic N) is 1. The van der Waals surface area contributed by atoms with Crippen LogP contribution in [-0.4, -0.2) is 5.91 Å². The molecular weight excluding hydrogens is 292 g/mol. The van der Waals surface area contributed by atoms with Crippen LogP contribution in [-0.2, 0) is 0 Å². The molecule has 0 aliphatic heterocycles. The lowest BCUT2D eigenvalue weighted by atomic mass is 10.2. The minimum absolute atomic E-state index is 0.188. The summed E-state index contributed by atoms with van der Waals surface area (Å²) in [6.45, 7) is 0. The molecule has 0 aliphatic carbocycles. The van der Waals surface area contributed by atoms with Crippen molar-refractivity contribution in [1.29, 1.82) is 5.26 Å². The van der Waals surface area contributed by atoms with Gasteiger partial charge in [-0.15, -0.1) is 0 Å². The molecule has 0 atom stereocenters. The van der Waals surface area contributed by atoms with Crippen molar-refractivity contribution in [2.45, 2.75) is 0 Å². The van der Waals surface area contributed by atoms with Crippen LogP contribution < -0.4 is 5.32 Å². The third-order valence-electron chi connectivity index (χ3n) is 2.39. The van der Waals surface area contributed by atoms with Crippen LogP contribution in [0.15, 0.2) is 53.0 Å². The predicted octanol–water partition coefficient (Wildman–Crippen LogP) is 3.57. The van der Waals surface area contributed by atoms with Crippen LogP contribution >= 0.6 is 15.9 Å². The van der Waals surface area contributed by atoms with Crippen molar-refractivity contribution in [3.63, 3.8) is 0 Å². The van der Waals surface area contributed by atoms with Gasteiger partial charge in [0.05, 0.1) is 17.2 Å². The first-order chi connectivity index (χ1) is 8.70. The van der Waals surface area contributed by atoms with Gasteiger partial charge in [0, 0.05) is 10.2 Å². The molecule has 0 heterocycles. The summed E-state index contributed by atoms with van der Waals surface area (Å²) in [5.41, 5.74) is 1.80. The number of nitriles is 1. The second-order valence-electron chi connectivity index (χ2n) is 3.62. The van der Waals surface area contributed by atoms with E-state index in [0.717, 1.165) is 4.47 Å². The van der Waals surface area contributed by atoms with Crippen molar-refractivity contribution in [3.8, 4) is 6.07 Å². The van der Waals surface area contributed by atoms with Crippen LogP contribution in [0.2, 0.25) is 0 Å². The molecule has 0 saturated carbocycles.